The third kappa shape index (κ3) is 3.84. The number of H-pyrrole nitrogens is 1. The van der Waals surface area contributed by atoms with Gasteiger partial charge in [-0.15, -0.1) is 0 Å². The average Bonchev–Trinajstić information content (AvgIpc) is 2.95. The number of imidazole rings is 1. The first-order valence-corrected chi connectivity index (χ1v) is 7.23. The third-order valence-electron chi connectivity index (χ3n) is 3.34. The Morgan fingerprint density at radius 3 is 2.65 bits per heavy atom. The zero-order valence-electron chi connectivity index (χ0n) is 12.4. The van der Waals surface area contributed by atoms with Gasteiger partial charge in [-0.2, -0.15) is 0 Å². The normalized spacial score (nSPS) is 12.3. The highest BCUT2D eigenvalue weighted by Gasteiger charge is 2.05. The van der Waals surface area contributed by atoms with Crippen LogP contribution in [0.25, 0.3) is 11.3 Å². The summed E-state index contributed by atoms with van der Waals surface area (Å²) in [5, 5.41) is 3.43. The molecule has 0 bridgehead atoms. The molecule has 0 aliphatic carbocycles. The largest absolute Gasteiger partial charge is 0.494 e. The zero-order chi connectivity index (χ0) is 14.4. The van der Waals surface area contributed by atoms with E-state index in [9.17, 15) is 0 Å². The maximum atomic E-state index is 5.44. The Bertz CT molecular complexity index is 519. The average molecular weight is 273 g/mol. The molecule has 1 aromatic carbocycles. The van der Waals surface area contributed by atoms with E-state index in [0.29, 0.717) is 12.6 Å². The monoisotopic (exact) mass is 273 g/mol. The Hall–Kier alpha value is -1.81. The molecule has 0 radical (unpaired) electrons. The van der Waals surface area contributed by atoms with Crippen molar-refractivity contribution in [2.45, 2.75) is 39.8 Å². The van der Waals surface area contributed by atoms with Crippen molar-refractivity contribution in [2.24, 2.45) is 0 Å². The minimum Gasteiger partial charge on any atom is -0.494 e. The number of aromatic amines is 1. The molecule has 0 spiro atoms. The summed E-state index contributed by atoms with van der Waals surface area (Å²) in [6.45, 7) is 7.79. The van der Waals surface area contributed by atoms with Gasteiger partial charge in [0, 0.05) is 6.04 Å². The lowest BCUT2D eigenvalue weighted by Gasteiger charge is -2.09. The molecular formula is C16H23N3O. The molecule has 4 nitrogen and oxygen atoms in total. The van der Waals surface area contributed by atoms with Gasteiger partial charge in [-0.05, 0) is 50.1 Å². The molecule has 2 N–H and O–H groups in total. The van der Waals surface area contributed by atoms with E-state index in [0.717, 1.165) is 35.8 Å². The van der Waals surface area contributed by atoms with Crippen molar-refractivity contribution in [1.82, 2.24) is 15.3 Å². The smallest absolute Gasteiger partial charge is 0.120 e. The summed E-state index contributed by atoms with van der Waals surface area (Å²) < 4.78 is 5.44. The first-order chi connectivity index (χ1) is 9.72. The summed E-state index contributed by atoms with van der Waals surface area (Å²) in [4.78, 5) is 7.75. The van der Waals surface area contributed by atoms with Crippen LogP contribution in [-0.4, -0.2) is 22.6 Å². The van der Waals surface area contributed by atoms with E-state index in [4.69, 9.17) is 4.74 Å². The first kappa shape index (κ1) is 14.6. The predicted octanol–water partition coefficient (Wildman–Crippen LogP) is 3.36. The van der Waals surface area contributed by atoms with Gasteiger partial charge in [-0.25, -0.2) is 4.98 Å². The second kappa shape index (κ2) is 7.10. The van der Waals surface area contributed by atoms with E-state index in [2.05, 4.69) is 29.1 Å². The van der Waals surface area contributed by atoms with E-state index in [1.54, 1.807) is 0 Å². The molecule has 108 valence electrons. The Labute approximate surface area is 120 Å². The SMILES string of the molecule is CCOc1ccc(-c2cnc(CNC(C)CC)[nH]2)cc1. The van der Waals surface area contributed by atoms with Crippen LogP contribution in [0.4, 0.5) is 0 Å². The highest BCUT2D eigenvalue weighted by molar-refractivity contribution is 5.59. The highest BCUT2D eigenvalue weighted by Crippen LogP contribution is 2.20. The number of hydrogen-bond acceptors (Lipinski definition) is 3. The van der Waals surface area contributed by atoms with E-state index >= 15 is 0 Å². The summed E-state index contributed by atoms with van der Waals surface area (Å²) in [7, 11) is 0. The minimum absolute atomic E-state index is 0.508. The fourth-order valence-electron chi connectivity index (χ4n) is 1.91. The second-order valence-electron chi connectivity index (χ2n) is 4.89. The van der Waals surface area contributed by atoms with Crippen molar-refractivity contribution in [3.63, 3.8) is 0 Å². The van der Waals surface area contributed by atoms with Crippen LogP contribution in [-0.2, 0) is 6.54 Å². The maximum Gasteiger partial charge on any atom is 0.120 e. The first-order valence-electron chi connectivity index (χ1n) is 7.23. The molecule has 0 aliphatic rings. The van der Waals surface area contributed by atoms with Gasteiger partial charge >= 0.3 is 0 Å². The van der Waals surface area contributed by atoms with Crippen LogP contribution in [0.5, 0.6) is 5.75 Å². The lowest BCUT2D eigenvalue weighted by Crippen LogP contribution is -2.24. The third-order valence-corrected chi connectivity index (χ3v) is 3.34. The van der Waals surface area contributed by atoms with Crippen molar-refractivity contribution in [3.05, 3.63) is 36.3 Å². The molecule has 0 amide bonds. The molecular weight excluding hydrogens is 250 g/mol. The standard InChI is InChI=1S/C16H23N3O/c1-4-12(3)17-11-16-18-10-15(19-16)13-6-8-14(9-7-13)20-5-2/h6-10,12,17H,4-5,11H2,1-3H3,(H,18,19). The quantitative estimate of drug-likeness (QED) is 0.813. The number of aromatic nitrogens is 2. The Balaban J connectivity index is 2.00. The van der Waals surface area contributed by atoms with Crippen molar-refractivity contribution in [1.29, 1.82) is 0 Å². The van der Waals surface area contributed by atoms with Crippen LogP contribution in [0.1, 0.15) is 33.0 Å². The molecule has 0 fully saturated rings. The number of ether oxygens (including phenoxy) is 1. The highest BCUT2D eigenvalue weighted by atomic mass is 16.5. The summed E-state index contributed by atoms with van der Waals surface area (Å²) in [6.07, 6.45) is 3.00. The maximum absolute atomic E-state index is 5.44. The van der Waals surface area contributed by atoms with Crippen LogP contribution in [0, 0.1) is 0 Å². The summed E-state index contributed by atoms with van der Waals surface area (Å²) in [5.74, 6) is 1.86. The van der Waals surface area contributed by atoms with Crippen molar-refractivity contribution in [2.75, 3.05) is 6.61 Å². The summed E-state index contributed by atoms with van der Waals surface area (Å²) in [6, 6.07) is 8.57. The fraction of sp³-hybridized carbons (Fsp3) is 0.438. The number of nitrogens with zero attached hydrogens (tertiary/aromatic N) is 1. The lowest BCUT2D eigenvalue weighted by atomic mass is 10.2. The molecule has 0 aliphatic heterocycles. The van der Waals surface area contributed by atoms with Crippen molar-refractivity contribution in [3.8, 4) is 17.0 Å². The van der Waals surface area contributed by atoms with Gasteiger partial charge in [0.2, 0.25) is 0 Å². The van der Waals surface area contributed by atoms with Crippen LogP contribution in [0.3, 0.4) is 0 Å². The van der Waals surface area contributed by atoms with Crippen molar-refractivity contribution >= 4 is 0 Å². The molecule has 2 aromatic rings. The van der Waals surface area contributed by atoms with Crippen molar-refractivity contribution < 1.29 is 4.74 Å². The minimum atomic E-state index is 0.508. The Morgan fingerprint density at radius 2 is 2.00 bits per heavy atom. The van der Waals surface area contributed by atoms with Gasteiger partial charge in [0.25, 0.3) is 0 Å². The number of nitrogens with one attached hydrogen (secondary N) is 2. The molecule has 1 unspecified atom stereocenters. The molecule has 0 saturated heterocycles. The second-order valence-corrected chi connectivity index (χ2v) is 4.89. The van der Waals surface area contributed by atoms with E-state index < -0.39 is 0 Å². The fourth-order valence-corrected chi connectivity index (χ4v) is 1.91. The summed E-state index contributed by atoms with van der Waals surface area (Å²) in [5.41, 5.74) is 2.16. The summed E-state index contributed by atoms with van der Waals surface area (Å²) >= 11 is 0. The molecule has 0 saturated carbocycles. The van der Waals surface area contributed by atoms with E-state index in [1.165, 1.54) is 0 Å². The van der Waals surface area contributed by atoms with Gasteiger partial charge in [-0.3, -0.25) is 0 Å². The number of hydrogen-bond donors (Lipinski definition) is 2. The molecule has 1 heterocycles. The van der Waals surface area contributed by atoms with Gasteiger partial charge < -0.3 is 15.0 Å². The van der Waals surface area contributed by atoms with Crippen LogP contribution in [0.15, 0.2) is 30.5 Å². The van der Waals surface area contributed by atoms with E-state index in [-0.39, 0.29) is 0 Å². The number of benzene rings is 1. The molecule has 4 heteroatoms. The van der Waals surface area contributed by atoms with Gasteiger partial charge in [-0.1, -0.05) is 6.92 Å². The molecule has 20 heavy (non-hydrogen) atoms. The van der Waals surface area contributed by atoms with Gasteiger partial charge in [0.15, 0.2) is 0 Å². The van der Waals surface area contributed by atoms with E-state index in [1.807, 2.05) is 37.4 Å². The Kier molecular flexibility index (Phi) is 5.18. The van der Waals surface area contributed by atoms with Gasteiger partial charge in [0.1, 0.15) is 11.6 Å². The lowest BCUT2D eigenvalue weighted by molar-refractivity contribution is 0.340. The Morgan fingerprint density at radius 1 is 1.25 bits per heavy atom. The van der Waals surface area contributed by atoms with Crippen LogP contribution in [0.2, 0.25) is 0 Å². The van der Waals surface area contributed by atoms with Crippen LogP contribution < -0.4 is 10.1 Å². The van der Waals surface area contributed by atoms with Gasteiger partial charge in [0.05, 0.1) is 25.0 Å². The molecule has 1 atom stereocenters. The zero-order valence-corrected chi connectivity index (χ0v) is 12.4. The molecule has 2 rings (SSSR count). The molecule has 1 aromatic heterocycles. The number of rotatable bonds is 7. The van der Waals surface area contributed by atoms with Crippen LogP contribution >= 0.6 is 0 Å². The predicted molar refractivity (Wildman–Crippen MR) is 81.8 cm³/mol. The topological polar surface area (TPSA) is 49.9 Å².